The Kier molecular flexibility index (Phi) is 6.06. The van der Waals surface area contributed by atoms with Crippen LogP contribution in [0.5, 0.6) is 5.75 Å². The van der Waals surface area contributed by atoms with Gasteiger partial charge in [0.05, 0.1) is 11.5 Å². The summed E-state index contributed by atoms with van der Waals surface area (Å²) in [6.07, 6.45) is 5.73. The summed E-state index contributed by atoms with van der Waals surface area (Å²) in [6, 6.07) is 3.43. The van der Waals surface area contributed by atoms with Crippen molar-refractivity contribution in [1.82, 2.24) is 19.8 Å². The number of pyridine rings is 2. The Labute approximate surface area is 175 Å². The molecule has 0 atom stereocenters. The van der Waals surface area contributed by atoms with Crippen LogP contribution in [0.3, 0.4) is 0 Å². The van der Waals surface area contributed by atoms with Crippen LogP contribution in [0.4, 0.5) is 0 Å². The Hall–Kier alpha value is -2.45. The number of hydrogen-bond donors (Lipinski definition) is 2. The van der Waals surface area contributed by atoms with E-state index in [1.54, 1.807) is 25.4 Å². The van der Waals surface area contributed by atoms with Crippen LogP contribution in [0.2, 0.25) is 0 Å². The predicted octanol–water partition coefficient (Wildman–Crippen LogP) is 1.74. The van der Waals surface area contributed by atoms with Gasteiger partial charge in [0, 0.05) is 45.5 Å². The van der Waals surface area contributed by atoms with Gasteiger partial charge in [-0.3, -0.25) is 19.1 Å². The van der Waals surface area contributed by atoms with Crippen molar-refractivity contribution in [2.24, 2.45) is 5.92 Å². The Morgan fingerprint density at radius 1 is 1.27 bits per heavy atom. The lowest BCUT2D eigenvalue weighted by molar-refractivity contribution is -0.0303. The maximum Gasteiger partial charge on any atom is 0.268 e. The van der Waals surface area contributed by atoms with Crippen molar-refractivity contribution in [3.05, 3.63) is 34.2 Å². The molecule has 2 aromatic heterocycles. The number of nitrogens with one attached hydrogen (secondary N) is 1. The number of ether oxygens (including phenoxy) is 1. The fraction of sp³-hybridized carbons (Fsp3) is 0.591. The topological polar surface area (TPSA) is 96.7 Å². The Morgan fingerprint density at radius 3 is 2.70 bits per heavy atom. The highest BCUT2D eigenvalue weighted by atomic mass is 16.5. The van der Waals surface area contributed by atoms with E-state index in [4.69, 9.17) is 4.74 Å². The SMILES string of the molecule is COC1CN(CCn2c(=O)c(C(=O)NC3CCC(C)CC3)c(O)c3cccnc32)C1. The monoisotopic (exact) mass is 414 g/mol. The minimum absolute atomic E-state index is 0.0395. The van der Waals surface area contributed by atoms with Crippen LogP contribution in [0.1, 0.15) is 43.0 Å². The second-order valence-electron chi connectivity index (χ2n) is 8.60. The van der Waals surface area contributed by atoms with Gasteiger partial charge in [0.25, 0.3) is 11.5 Å². The van der Waals surface area contributed by atoms with Gasteiger partial charge in [0.1, 0.15) is 17.0 Å². The number of carbonyl (C=O) groups excluding carboxylic acids is 1. The fourth-order valence-corrected chi connectivity index (χ4v) is 4.43. The lowest BCUT2D eigenvalue weighted by atomic mass is 9.87. The largest absolute Gasteiger partial charge is 0.506 e. The highest BCUT2D eigenvalue weighted by Gasteiger charge is 2.28. The molecule has 8 heteroatoms. The van der Waals surface area contributed by atoms with Crippen LogP contribution < -0.4 is 10.9 Å². The van der Waals surface area contributed by atoms with Crippen molar-refractivity contribution >= 4 is 16.9 Å². The number of aromatic hydroxyl groups is 1. The van der Waals surface area contributed by atoms with Gasteiger partial charge in [-0.15, -0.1) is 0 Å². The molecule has 0 aromatic carbocycles. The molecule has 2 fully saturated rings. The quantitative estimate of drug-likeness (QED) is 0.748. The molecule has 162 valence electrons. The molecule has 2 aliphatic rings. The third kappa shape index (κ3) is 4.06. The van der Waals surface area contributed by atoms with E-state index in [0.717, 1.165) is 38.8 Å². The van der Waals surface area contributed by atoms with E-state index in [-0.39, 0.29) is 23.5 Å². The number of likely N-dealkylation sites (tertiary alicyclic amines) is 1. The van der Waals surface area contributed by atoms with Gasteiger partial charge < -0.3 is 15.2 Å². The molecule has 0 unspecified atom stereocenters. The van der Waals surface area contributed by atoms with Gasteiger partial charge in [0.15, 0.2) is 0 Å². The molecule has 3 heterocycles. The zero-order chi connectivity index (χ0) is 21.3. The summed E-state index contributed by atoms with van der Waals surface area (Å²) in [5.74, 6) is -0.126. The number of carbonyl (C=O) groups is 1. The highest BCUT2D eigenvalue weighted by Crippen LogP contribution is 2.27. The van der Waals surface area contributed by atoms with Crippen LogP contribution in [0.15, 0.2) is 23.1 Å². The van der Waals surface area contributed by atoms with E-state index in [1.165, 1.54) is 4.57 Å². The number of nitrogens with zero attached hydrogens (tertiary/aromatic N) is 3. The lowest BCUT2D eigenvalue weighted by Crippen LogP contribution is -2.52. The number of hydrogen-bond acceptors (Lipinski definition) is 6. The molecule has 1 saturated carbocycles. The second-order valence-corrected chi connectivity index (χ2v) is 8.60. The van der Waals surface area contributed by atoms with Gasteiger partial charge >= 0.3 is 0 Å². The molecule has 1 amide bonds. The van der Waals surface area contributed by atoms with Crippen LogP contribution in [0.25, 0.3) is 11.0 Å². The van der Waals surface area contributed by atoms with Crippen molar-refractivity contribution in [3.8, 4) is 5.75 Å². The first-order valence-corrected chi connectivity index (χ1v) is 10.7. The smallest absolute Gasteiger partial charge is 0.268 e. The molecule has 4 rings (SSSR count). The lowest BCUT2D eigenvalue weighted by Gasteiger charge is -2.38. The van der Waals surface area contributed by atoms with Gasteiger partial charge in [-0.05, 0) is 43.7 Å². The summed E-state index contributed by atoms with van der Waals surface area (Å²) >= 11 is 0. The molecule has 0 bridgehead atoms. The number of aromatic nitrogens is 2. The van der Waals surface area contributed by atoms with Crippen molar-refractivity contribution < 1.29 is 14.6 Å². The molecule has 1 aliphatic carbocycles. The maximum absolute atomic E-state index is 13.2. The molecule has 1 aliphatic heterocycles. The second kappa shape index (κ2) is 8.73. The summed E-state index contributed by atoms with van der Waals surface area (Å²) in [7, 11) is 1.70. The number of fused-ring (bicyclic) bond motifs is 1. The van der Waals surface area contributed by atoms with Gasteiger partial charge in [-0.2, -0.15) is 0 Å². The first kappa shape index (κ1) is 20.8. The first-order chi connectivity index (χ1) is 14.5. The minimum Gasteiger partial charge on any atom is -0.506 e. The number of rotatable bonds is 6. The van der Waals surface area contributed by atoms with Crippen LogP contribution in [-0.4, -0.2) is 64.4 Å². The molecule has 0 radical (unpaired) electrons. The fourth-order valence-electron chi connectivity index (χ4n) is 4.43. The van der Waals surface area contributed by atoms with E-state index < -0.39 is 11.5 Å². The Bertz CT molecular complexity index is 975. The van der Waals surface area contributed by atoms with Crippen molar-refractivity contribution in [2.45, 2.75) is 51.3 Å². The van der Waals surface area contributed by atoms with Crippen LogP contribution in [-0.2, 0) is 11.3 Å². The van der Waals surface area contributed by atoms with E-state index in [2.05, 4.69) is 22.1 Å². The molecular formula is C22H30N4O4. The summed E-state index contributed by atoms with van der Waals surface area (Å²) in [4.78, 5) is 32.7. The zero-order valence-corrected chi connectivity index (χ0v) is 17.6. The summed E-state index contributed by atoms with van der Waals surface area (Å²) in [5.41, 5.74) is -0.288. The van der Waals surface area contributed by atoms with E-state index in [0.29, 0.717) is 30.0 Å². The summed E-state index contributed by atoms with van der Waals surface area (Å²) < 4.78 is 6.81. The van der Waals surface area contributed by atoms with Gasteiger partial charge in [0.2, 0.25) is 0 Å². The molecule has 8 nitrogen and oxygen atoms in total. The van der Waals surface area contributed by atoms with Crippen molar-refractivity contribution in [1.29, 1.82) is 0 Å². The molecule has 1 saturated heterocycles. The van der Waals surface area contributed by atoms with Gasteiger partial charge in [-0.25, -0.2) is 4.98 Å². The van der Waals surface area contributed by atoms with Crippen LogP contribution >= 0.6 is 0 Å². The number of amides is 1. The summed E-state index contributed by atoms with van der Waals surface area (Å²) in [5, 5.41) is 14.1. The van der Waals surface area contributed by atoms with Crippen molar-refractivity contribution in [3.63, 3.8) is 0 Å². The molecule has 30 heavy (non-hydrogen) atoms. The summed E-state index contributed by atoms with van der Waals surface area (Å²) in [6.45, 7) is 4.90. The average Bonchev–Trinajstić information content (AvgIpc) is 2.71. The normalized spacial score (nSPS) is 22.7. The standard InChI is InChI=1S/C22H30N4O4/c1-14-5-7-15(8-6-14)24-21(28)18-19(27)17-4-3-9-23-20(17)26(22(18)29)11-10-25-12-16(13-25)30-2/h3-4,9,14-16,27H,5-8,10-13H2,1-2H3,(H,24,28). The Balaban J connectivity index is 1.61. The third-order valence-electron chi connectivity index (χ3n) is 6.47. The average molecular weight is 415 g/mol. The maximum atomic E-state index is 13.2. The van der Waals surface area contributed by atoms with Gasteiger partial charge in [-0.1, -0.05) is 6.92 Å². The zero-order valence-electron chi connectivity index (χ0n) is 17.6. The molecule has 2 aromatic rings. The van der Waals surface area contributed by atoms with E-state index in [9.17, 15) is 14.7 Å². The van der Waals surface area contributed by atoms with Crippen molar-refractivity contribution in [2.75, 3.05) is 26.7 Å². The molecule has 2 N–H and O–H groups in total. The minimum atomic E-state index is -0.500. The third-order valence-corrected chi connectivity index (χ3v) is 6.47. The Morgan fingerprint density at radius 2 is 2.00 bits per heavy atom. The number of methoxy groups -OCH3 is 1. The molecular weight excluding hydrogens is 384 g/mol. The highest BCUT2D eigenvalue weighted by molar-refractivity contribution is 6.01. The molecule has 0 spiro atoms. The first-order valence-electron chi connectivity index (χ1n) is 10.7. The predicted molar refractivity (Wildman–Crippen MR) is 114 cm³/mol. The van der Waals surface area contributed by atoms with E-state index in [1.807, 2.05) is 0 Å². The van der Waals surface area contributed by atoms with E-state index >= 15 is 0 Å². The van der Waals surface area contributed by atoms with Crippen LogP contribution in [0, 0.1) is 5.92 Å².